The predicted molar refractivity (Wildman–Crippen MR) is 172 cm³/mol. The van der Waals surface area contributed by atoms with E-state index in [9.17, 15) is 9.59 Å². The van der Waals surface area contributed by atoms with Crippen LogP contribution in [-0.4, -0.2) is 131 Å². The average molecular weight is 637 g/mol. The highest BCUT2D eigenvalue weighted by molar-refractivity contribution is 6.06. The number of aromatic nitrogens is 6. The number of carbonyl (C=O) groups excluding carboxylic acids is 2. The number of likely N-dealkylation sites (N-methyl/N-ethyl adjacent to an activating group) is 1. The van der Waals surface area contributed by atoms with Crippen LogP contribution in [0.2, 0.25) is 0 Å². The Kier molecular flexibility index (Phi) is 10.6. The van der Waals surface area contributed by atoms with Crippen molar-refractivity contribution in [3.05, 3.63) is 35.8 Å². The molecule has 2 aliphatic heterocycles. The van der Waals surface area contributed by atoms with Gasteiger partial charge in [-0.15, -0.1) is 15.3 Å². The highest BCUT2D eigenvalue weighted by Gasteiger charge is 2.24. The molecule has 0 atom stereocenters. The number of nitrogen functional groups attached to an aromatic ring is 1. The lowest BCUT2D eigenvalue weighted by Gasteiger charge is -2.35. The maximum Gasteiger partial charge on any atom is 0.281 e. The molecule has 0 radical (unpaired) electrons. The highest BCUT2D eigenvalue weighted by Crippen LogP contribution is 2.31. The summed E-state index contributed by atoms with van der Waals surface area (Å²) in [7, 11) is 2.08. The van der Waals surface area contributed by atoms with E-state index in [0.717, 1.165) is 71.1 Å². The molecule has 2 amide bonds. The van der Waals surface area contributed by atoms with Gasteiger partial charge in [-0.1, -0.05) is 26.0 Å². The number of rotatable bonds is 11. The Morgan fingerprint density at radius 1 is 1.02 bits per heavy atom. The molecule has 0 bridgehead atoms. The quantitative estimate of drug-likeness (QED) is 0.253. The van der Waals surface area contributed by atoms with Crippen molar-refractivity contribution < 1.29 is 19.1 Å². The van der Waals surface area contributed by atoms with Gasteiger partial charge >= 0.3 is 0 Å². The molecule has 4 N–H and O–H groups in total. The van der Waals surface area contributed by atoms with Gasteiger partial charge in [-0.25, -0.2) is 4.68 Å². The zero-order valence-electron chi connectivity index (χ0n) is 27.0. The number of nitrogens with one attached hydrogen (secondary N) is 2. The molecule has 5 rings (SSSR count). The molecule has 46 heavy (non-hydrogen) atoms. The summed E-state index contributed by atoms with van der Waals surface area (Å²) in [5.74, 6) is -0.932. The van der Waals surface area contributed by atoms with Gasteiger partial charge in [-0.2, -0.15) is 4.98 Å². The van der Waals surface area contributed by atoms with E-state index < -0.39 is 5.91 Å². The Morgan fingerprint density at radius 2 is 1.78 bits per heavy atom. The number of amides is 2. The molecule has 2 fully saturated rings. The van der Waals surface area contributed by atoms with Crippen LogP contribution in [0.4, 0.5) is 17.3 Å². The lowest BCUT2D eigenvalue weighted by molar-refractivity contribution is 0.0374. The van der Waals surface area contributed by atoms with Crippen molar-refractivity contribution in [3.8, 4) is 11.6 Å². The fourth-order valence-electron chi connectivity index (χ4n) is 5.04. The monoisotopic (exact) mass is 636 g/mol. The van der Waals surface area contributed by atoms with Gasteiger partial charge in [0, 0.05) is 45.8 Å². The second-order valence-electron chi connectivity index (χ2n) is 12.7. The minimum absolute atomic E-state index is 0.00843. The van der Waals surface area contributed by atoms with Gasteiger partial charge in [-0.3, -0.25) is 14.5 Å². The fourth-order valence-corrected chi connectivity index (χ4v) is 5.04. The summed E-state index contributed by atoms with van der Waals surface area (Å²) in [5, 5.41) is 22.0. The Morgan fingerprint density at radius 3 is 2.52 bits per heavy atom. The number of ether oxygens (including phenoxy) is 2. The lowest BCUT2D eigenvalue weighted by atomic mass is 9.99. The molecule has 0 spiro atoms. The summed E-state index contributed by atoms with van der Waals surface area (Å²) in [6.07, 6.45) is 2.40. The standard InChI is InChI=1S/C30H44N12O4/c1-30(2,3)20-46-28-25(36-37-29(31)34-28)27(44)33-22-18-21(6-7-24(22)41-12-10-39(4)11-13-41)42-19-23(35-38-42)26(43)32-8-5-9-40-14-16-45-17-15-40/h6-7,18-19H,5,8-17,20H2,1-4H3,(H,32,43)(H,33,44)(H2,31,34,37). The Labute approximate surface area is 268 Å². The number of hydrogen-bond donors (Lipinski definition) is 3. The van der Waals surface area contributed by atoms with E-state index in [1.807, 2.05) is 32.9 Å². The van der Waals surface area contributed by atoms with Gasteiger partial charge in [0.25, 0.3) is 17.7 Å². The van der Waals surface area contributed by atoms with Crippen LogP contribution in [0, 0.1) is 5.41 Å². The number of nitrogens with zero attached hydrogens (tertiary/aromatic N) is 9. The van der Waals surface area contributed by atoms with Gasteiger partial charge in [0.05, 0.1) is 43.1 Å². The van der Waals surface area contributed by atoms with Crippen LogP contribution in [0.25, 0.3) is 5.69 Å². The van der Waals surface area contributed by atoms with E-state index in [0.29, 0.717) is 24.5 Å². The molecule has 3 aromatic rings. The molecule has 16 heteroatoms. The smallest absolute Gasteiger partial charge is 0.281 e. The Bertz CT molecular complexity index is 1490. The SMILES string of the molecule is CN1CCN(c2ccc(-n3cc(C(=O)NCCCN4CCOCC4)nn3)cc2NC(=O)c2nnc(N)nc2OCC(C)(C)C)CC1. The fraction of sp³-hybridized carbons (Fsp3) is 0.567. The molecule has 1 aromatic carbocycles. The summed E-state index contributed by atoms with van der Waals surface area (Å²) in [6.45, 7) is 14.4. The molecular formula is C30H44N12O4. The summed E-state index contributed by atoms with van der Waals surface area (Å²) in [4.78, 5) is 37.3. The molecule has 2 saturated heterocycles. The first-order chi connectivity index (χ1) is 22.1. The van der Waals surface area contributed by atoms with Gasteiger partial charge < -0.3 is 35.6 Å². The summed E-state index contributed by atoms with van der Waals surface area (Å²) >= 11 is 0. The van der Waals surface area contributed by atoms with Crippen LogP contribution >= 0.6 is 0 Å². The van der Waals surface area contributed by atoms with Gasteiger partial charge in [0.1, 0.15) is 0 Å². The molecule has 16 nitrogen and oxygen atoms in total. The summed E-state index contributed by atoms with van der Waals surface area (Å²) in [6, 6.07) is 5.59. The van der Waals surface area contributed by atoms with Gasteiger partial charge in [0.15, 0.2) is 5.69 Å². The molecule has 0 unspecified atom stereocenters. The zero-order valence-corrected chi connectivity index (χ0v) is 27.0. The third-order valence-corrected chi connectivity index (χ3v) is 7.63. The Hall–Kier alpha value is -4.41. The second-order valence-corrected chi connectivity index (χ2v) is 12.7. The van der Waals surface area contributed by atoms with E-state index in [4.69, 9.17) is 15.2 Å². The van der Waals surface area contributed by atoms with Crippen LogP contribution in [0.5, 0.6) is 5.88 Å². The van der Waals surface area contributed by atoms with Crippen molar-refractivity contribution in [2.24, 2.45) is 5.41 Å². The first-order valence-electron chi connectivity index (χ1n) is 15.6. The van der Waals surface area contributed by atoms with Crippen LogP contribution in [0.1, 0.15) is 48.2 Å². The van der Waals surface area contributed by atoms with Crippen molar-refractivity contribution in [2.45, 2.75) is 27.2 Å². The first-order valence-corrected chi connectivity index (χ1v) is 15.6. The molecule has 248 valence electrons. The van der Waals surface area contributed by atoms with Gasteiger partial charge in [0.2, 0.25) is 11.6 Å². The molecular weight excluding hydrogens is 592 g/mol. The lowest BCUT2D eigenvalue weighted by Crippen LogP contribution is -2.44. The molecule has 2 aromatic heterocycles. The normalized spacial score (nSPS) is 16.3. The third-order valence-electron chi connectivity index (χ3n) is 7.63. The summed E-state index contributed by atoms with van der Waals surface area (Å²) in [5.41, 5.74) is 7.66. The van der Waals surface area contributed by atoms with Crippen LogP contribution < -0.4 is 26.0 Å². The number of benzene rings is 1. The van der Waals surface area contributed by atoms with Crippen molar-refractivity contribution in [2.75, 3.05) is 95.2 Å². The predicted octanol–water partition coefficient (Wildman–Crippen LogP) is 0.916. The summed E-state index contributed by atoms with van der Waals surface area (Å²) < 4.78 is 12.7. The Balaban J connectivity index is 1.33. The van der Waals surface area contributed by atoms with E-state index in [1.54, 1.807) is 12.3 Å². The third kappa shape index (κ3) is 8.86. The van der Waals surface area contributed by atoms with E-state index in [1.165, 1.54) is 4.68 Å². The number of anilines is 3. The number of hydrogen-bond acceptors (Lipinski definition) is 13. The van der Waals surface area contributed by atoms with Crippen molar-refractivity contribution in [1.29, 1.82) is 0 Å². The number of morpholine rings is 1. The maximum atomic E-state index is 13.6. The average Bonchev–Trinajstić information content (AvgIpc) is 3.53. The minimum atomic E-state index is -0.549. The molecule has 4 heterocycles. The molecule has 2 aliphatic rings. The number of carbonyl (C=O) groups is 2. The zero-order chi connectivity index (χ0) is 32.7. The number of piperazine rings is 1. The van der Waals surface area contributed by atoms with Gasteiger partial charge in [-0.05, 0) is 43.6 Å². The van der Waals surface area contributed by atoms with Crippen molar-refractivity contribution >= 4 is 29.1 Å². The van der Waals surface area contributed by atoms with Crippen LogP contribution in [0.15, 0.2) is 24.4 Å². The molecule has 0 aliphatic carbocycles. The minimum Gasteiger partial charge on any atom is -0.475 e. The molecule has 0 saturated carbocycles. The van der Waals surface area contributed by atoms with Crippen molar-refractivity contribution in [3.63, 3.8) is 0 Å². The van der Waals surface area contributed by atoms with E-state index in [-0.39, 0.29) is 34.5 Å². The second kappa shape index (κ2) is 14.8. The first kappa shape index (κ1) is 33.0. The van der Waals surface area contributed by atoms with E-state index >= 15 is 0 Å². The topological polar surface area (TPSA) is 182 Å². The van der Waals surface area contributed by atoms with Crippen molar-refractivity contribution in [1.82, 2.24) is 45.3 Å². The van der Waals surface area contributed by atoms with Crippen LogP contribution in [0.3, 0.4) is 0 Å². The number of nitrogens with two attached hydrogens (primary N) is 1. The van der Waals surface area contributed by atoms with E-state index in [2.05, 4.69) is 57.9 Å². The van der Waals surface area contributed by atoms with Crippen LogP contribution in [-0.2, 0) is 4.74 Å². The largest absolute Gasteiger partial charge is 0.475 e. The maximum absolute atomic E-state index is 13.6. The highest BCUT2D eigenvalue weighted by atomic mass is 16.5.